The Bertz CT molecular complexity index is 392. The monoisotopic (exact) mass is 251 g/mol. The molecule has 1 aromatic heterocycles. The van der Waals surface area contributed by atoms with Crippen LogP contribution < -0.4 is 5.73 Å². The summed E-state index contributed by atoms with van der Waals surface area (Å²) in [6, 6.07) is 0. The quantitative estimate of drug-likeness (QED) is 0.895. The van der Waals surface area contributed by atoms with E-state index in [4.69, 9.17) is 15.5 Å². The lowest BCUT2D eigenvalue weighted by atomic mass is 9.96. The molecule has 0 unspecified atom stereocenters. The molecule has 102 valence electrons. The number of nitrogen functional groups attached to an aromatic ring is 1. The number of anilines is 1. The molecule has 1 saturated heterocycles. The van der Waals surface area contributed by atoms with Crippen LogP contribution in [0.1, 0.15) is 63.4 Å². The van der Waals surface area contributed by atoms with Gasteiger partial charge in [0, 0.05) is 31.6 Å². The Hall–Kier alpha value is -1.03. The minimum Gasteiger partial charge on any atom is -0.384 e. The van der Waals surface area contributed by atoms with Gasteiger partial charge in [0.25, 0.3) is 0 Å². The molecule has 0 atom stereocenters. The van der Waals surface area contributed by atoms with Crippen LogP contribution in [0.15, 0.2) is 0 Å². The number of aromatic nitrogens is 2. The topological polar surface area (TPSA) is 53.1 Å². The minimum absolute atomic E-state index is 0.424. The summed E-state index contributed by atoms with van der Waals surface area (Å²) in [6.45, 7) is 9.18. The fraction of sp³-hybridized carbons (Fsp3) is 0.786. The molecule has 1 aliphatic heterocycles. The van der Waals surface area contributed by atoms with Crippen molar-refractivity contribution in [1.82, 2.24) is 9.55 Å². The summed E-state index contributed by atoms with van der Waals surface area (Å²) in [4.78, 5) is 4.83. The maximum Gasteiger partial charge on any atom is 0.127 e. The van der Waals surface area contributed by atoms with Crippen molar-refractivity contribution in [2.45, 2.75) is 58.4 Å². The van der Waals surface area contributed by atoms with E-state index in [1.165, 1.54) is 0 Å². The van der Waals surface area contributed by atoms with Crippen LogP contribution in [0.25, 0.3) is 0 Å². The van der Waals surface area contributed by atoms with Gasteiger partial charge >= 0.3 is 0 Å². The van der Waals surface area contributed by atoms with E-state index in [0.29, 0.717) is 11.8 Å². The van der Waals surface area contributed by atoms with Crippen molar-refractivity contribution in [1.29, 1.82) is 0 Å². The van der Waals surface area contributed by atoms with E-state index >= 15 is 0 Å². The predicted molar refractivity (Wildman–Crippen MR) is 73.8 cm³/mol. The molecule has 1 aliphatic rings. The van der Waals surface area contributed by atoms with Crippen molar-refractivity contribution >= 4 is 5.82 Å². The van der Waals surface area contributed by atoms with Gasteiger partial charge < -0.3 is 15.0 Å². The smallest absolute Gasteiger partial charge is 0.127 e. The van der Waals surface area contributed by atoms with Gasteiger partial charge in [-0.1, -0.05) is 20.8 Å². The van der Waals surface area contributed by atoms with Crippen molar-refractivity contribution in [2.75, 3.05) is 18.9 Å². The second-order valence-electron chi connectivity index (χ2n) is 5.43. The van der Waals surface area contributed by atoms with Gasteiger partial charge in [-0.05, 0) is 19.3 Å². The van der Waals surface area contributed by atoms with E-state index in [0.717, 1.165) is 56.4 Å². The van der Waals surface area contributed by atoms with E-state index in [-0.39, 0.29) is 0 Å². The molecule has 2 heterocycles. The van der Waals surface area contributed by atoms with Crippen LogP contribution >= 0.6 is 0 Å². The summed E-state index contributed by atoms with van der Waals surface area (Å²) < 4.78 is 7.62. The Morgan fingerprint density at radius 2 is 2.06 bits per heavy atom. The van der Waals surface area contributed by atoms with Crippen LogP contribution in [0.3, 0.4) is 0 Å². The molecule has 0 saturated carbocycles. The van der Waals surface area contributed by atoms with Gasteiger partial charge in [0.1, 0.15) is 11.6 Å². The molecule has 2 N–H and O–H groups in total. The summed E-state index contributed by atoms with van der Waals surface area (Å²) in [5.41, 5.74) is 7.43. The number of hydrogen-bond acceptors (Lipinski definition) is 3. The zero-order valence-electron chi connectivity index (χ0n) is 11.8. The van der Waals surface area contributed by atoms with Crippen LogP contribution in [0, 0.1) is 0 Å². The van der Waals surface area contributed by atoms with E-state index < -0.39 is 0 Å². The number of nitrogens with zero attached hydrogens (tertiary/aromatic N) is 2. The van der Waals surface area contributed by atoms with Gasteiger partial charge in [-0.25, -0.2) is 4.98 Å². The largest absolute Gasteiger partial charge is 0.384 e. The molecule has 0 spiro atoms. The van der Waals surface area contributed by atoms with Gasteiger partial charge in [0.05, 0.1) is 5.69 Å². The third kappa shape index (κ3) is 2.53. The Balaban J connectivity index is 2.32. The average Bonchev–Trinajstić information content (AvgIpc) is 2.69. The first-order valence-electron chi connectivity index (χ1n) is 7.08. The zero-order chi connectivity index (χ0) is 13.1. The third-order valence-electron chi connectivity index (χ3n) is 3.64. The lowest BCUT2D eigenvalue weighted by Crippen LogP contribution is -2.16. The molecule has 0 amide bonds. The molecule has 0 bridgehead atoms. The molecule has 2 rings (SSSR count). The summed E-state index contributed by atoms with van der Waals surface area (Å²) in [7, 11) is 0. The molecule has 4 heteroatoms. The van der Waals surface area contributed by atoms with E-state index in [2.05, 4.69) is 25.3 Å². The second kappa shape index (κ2) is 5.74. The fourth-order valence-corrected chi connectivity index (χ4v) is 2.67. The molecule has 0 radical (unpaired) electrons. The van der Waals surface area contributed by atoms with Gasteiger partial charge in [0.15, 0.2) is 0 Å². The zero-order valence-corrected chi connectivity index (χ0v) is 11.8. The third-order valence-corrected chi connectivity index (χ3v) is 3.64. The van der Waals surface area contributed by atoms with Crippen molar-refractivity contribution in [3.63, 3.8) is 0 Å². The highest BCUT2D eigenvalue weighted by atomic mass is 16.5. The highest BCUT2D eigenvalue weighted by molar-refractivity contribution is 5.41. The number of hydrogen-bond donors (Lipinski definition) is 1. The normalized spacial score (nSPS) is 17.6. The van der Waals surface area contributed by atoms with Crippen LogP contribution in [0.2, 0.25) is 0 Å². The van der Waals surface area contributed by atoms with Crippen LogP contribution in [0.4, 0.5) is 5.82 Å². The standard InChI is InChI=1S/C14H25N3O/c1-4-7-17-13(15)12(16-14(17)10(2)3)11-5-8-18-9-6-11/h10-11H,4-9,15H2,1-3H3. The first-order valence-corrected chi connectivity index (χ1v) is 7.08. The number of ether oxygens (including phenoxy) is 1. The summed E-state index contributed by atoms with van der Waals surface area (Å²) in [6.07, 6.45) is 3.18. The molecule has 0 aliphatic carbocycles. The molecule has 4 nitrogen and oxygen atoms in total. The van der Waals surface area contributed by atoms with Gasteiger partial charge in [0.2, 0.25) is 0 Å². The average molecular weight is 251 g/mol. The number of imidazole rings is 1. The van der Waals surface area contributed by atoms with E-state index in [1.54, 1.807) is 0 Å². The lowest BCUT2D eigenvalue weighted by molar-refractivity contribution is 0.0847. The molecular formula is C14H25N3O. The van der Waals surface area contributed by atoms with Crippen molar-refractivity contribution in [3.8, 4) is 0 Å². The van der Waals surface area contributed by atoms with Crippen molar-refractivity contribution < 1.29 is 4.74 Å². The van der Waals surface area contributed by atoms with Crippen LogP contribution in [-0.4, -0.2) is 22.8 Å². The Morgan fingerprint density at radius 1 is 1.39 bits per heavy atom. The number of rotatable bonds is 4. The SMILES string of the molecule is CCCn1c(C(C)C)nc(C2CCOCC2)c1N. The van der Waals surface area contributed by atoms with E-state index in [1.807, 2.05) is 0 Å². The van der Waals surface area contributed by atoms with Gasteiger partial charge in [-0.15, -0.1) is 0 Å². The Labute approximate surface area is 110 Å². The predicted octanol–water partition coefficient (Wildman–Crippen LogP) is 2.89. The van der Waals surface area contributed by atoms with Crippen molar-refractivity contribution in [3.05, 3.63) is 11.5 Å². The van der Waals surface area contributed by atoms with Crippen LogP contribution in [-0.2, 0) is 11.3 Å². The highest BCUT2D eigenvalue weighted by Crippen LogP contribution is 2.32. The molecule has 1 aromatic rings. The Morgan fingerprint density at radius 3 is 2.61 bits per heavy atom. The highest BCUT2D eigenvalue weighted by Gasteiger charge is 2.24. The molecule has 18 heavy (non-hydrogen) atoms. The second-order valence-corrected chi connectivity index (χ2v) is 5.43. The Kier molecular flexibility index (Phi) is 4.27. The molecule has 1 fully saturated rings. The molecule has 0 aromatic carbocycles. The van der Waals surface area contributed by atoms with E-state index in [9.17, 15) is 0 Å². The first kappa shape index (κ1) is 13.4. The van der Waals surface area contributed by atoms with Gasteiger partial charge in [-0.3, -0.25) is 0 Å². The first-order chi connectivity index (χ1) is 8.65. The van der Waals surface area contributed by atoms with Crippen LogP contribution in [0.5, 0.6) is 0 Å². The fourth-order valence-electron chi connectivity index (χ4n) is 2.67. The lowest BCUT2D eigenvalue weighted by Gasteiger charge is -2.20. The number of nitrogens with two attached hydrogens (primary N) is 1. The maximum atomic E-state index is 6.32. The summed E-state index contributed by atoms with van der Waals surface area (Å²) in [5.74, 6) is 2.92. The van der Waals surface area contributed by atoms with Crippen molar-refractivity contribution in [2.24, 2.45) is 0 Å². The molecular weight excluding hydrogens is 226 g/mol. The summed E-state index contributed by atoms with van der Waals surface area (Å²) >= 11 is 0. The minimum atomic E-state index is 0.424. The summed E-state index contributed by atoms with van der Waals surface area (Å²) in [5, 5.41) is 0. The maximum absolute atomic E-state index is 6.32. The van der Waals surface area contributed by atoms with Gasteiger partial charge in [-0.2, -0.15) is 0 Å².